The lowest BCUT2D eigenvalue weighted by molar-refractivity contribution is -0.128. The summed E-state index contributed by atoms with van der Waals surface area (Å²) in [5.74, 6) is -0.00420. The number of rotatable bonds is 3. The Balaban J connectivity index is 2.87. The fraction of sp³-hybridized carbons (Fsp3) is 0.500. The molecule has 16 heavy (non-hydrogen) atoms. The van der Waals surface area contributed by atoms with Gasteiger partial charge in [0, 0.05) is 14.0 Å². The molecular formula is C12H18N2O2. The second kappa shape index (κ2) is 4.61. The van der Waals surface area contributed by atoms with Crippen molar-refractivity contribution in [3.05, 3.63) is 29.6 Å². The second-order valence-corrected chi connectivity index (χ2v) is 4.45. The van der Waals surface area contributed by atoms with Crippen molar-refractivity contribution in [2.75, 3.05) is 7.05 Å². The lowest BCUT2D eigenvalue weighted by atomic mass is 10.0. The van der Waals surface area contributed by atoms with E-state index in [2.05, 4.69) is 4.98 Å². The van der Waals surface area contributed by atoms with Crippen molar-refractivity contribution in [2.45, 2.75) is 32.9 Å². The van der Waals surface area contributed by atoms with Crippen LogP contribution in [-0.4, -0.2) is 27.9 Å². The van der Waals surface area contributed by atoms with Gasteiger partial charge in [0.25, 0.3) is 0 Å². The van der Waals surface area contributed by atoms with Gasteiger partial charge in [0.2, 0.25) is 5.91 Å². The minimum Gasteiger partial charge on any atom is -0.384 e. The van der Waals surface area contributed by atoms with Crippen LogP contribution in [0.1, 0.15) is 32.2 Å². The molecule has 0 saturated carbocycles. The van der Waals surface area contributed by atoms with Crippen LogP contribution in [0.25, 0.3) is 0 Å². The summed E-state index contributed by atoms with van der Waals surface area (Å²) in [4.78, 5) is 17.0. The van der Waals surface area contributed by atoms with E-state index < -0.39 is 5.60 Å². The van der Waals surface area contributed by atoms with Crippen LogP contribution in [0.2, 0.25) is 0 Å². The highest BCUT2D eigenvalue weighted by atomic mass is 16.3. The van der Waals surface area contributed by atoms with Crippen molar-refractivity contribution in [2.24, 2.45) is 0 Å². The number of pyridine rings is 1. The van der Waals surface area contributed by atoms with E-state index in [-0.39, 0.29) is 5.91 Å². The van der Waals surface area contributed by atoms with Crippen LogP contribution in [0.4, 0.5) is 0 Å². The number of hydrogen-bond acceptors (Lipinski definition) is 3. The van der Waals surface area contributed by atoms with Gasteiger partial charge in [0.1, 0.15) is 5.60 Å². The first-order chi connectivity index (χ1) is 7.30. The Morgan fingerprint density at radius 3 is 2.62 bits per heavy atom. The van der Waals surface area contributed by atoms with Gasteiger partial charge in [-0.15, -0.1) is 0 Å². The number of carbonyl (C=O) groups excluding carboxylic acids is 1. The SMILES string of the molecule is CC(=O)N(C)Cc1cccc(C(C)(C)O)n1. The normalized spacial score (nSPS) is 11.3. The van der Waals surface area contributed by atoms with Gasteiger partial charge >= 0.3 is 0 Å². The van der Waals surface area contributed by atoms with Crippen LogP contribution < -0.4 is 0 Å². The summed E-state index contributed by atoms with van der Waals surface area (Å²) in [6, 6.07) is 5.45. The molecule has 0 fully saturated rings. The highest BCUT2D eigenvalue weighted by Crippen LogP contribution is 2.17. The molecule has 1 aromatic rings. The van der Waals surface area contributed by atoms with Gasteiger partial charge in [-0.25, -0.2) is 0 Å². The standard InChI is InChI=1S/C12H18N2O2/c1-9(15)14(4)8-10-6-5-7-11(13-10)12(2,3)16/h5-7,16H,8H2,1-4H3. The first-order valence-electron chi connectivity index (χ1n) is 5.21. The van der Waals surface area contributed by atoms with E-state index in [9.17, 15) is 9.90 Å². The van der Waals surface area contributed by atoms with Gasteiger partial charge in [-0.1, -0.05) is 6.07 Å². The predicted octanol–water partition coefficient (Wildman–Crippen LogP) is 1.29. The van der Waals surface area contributed by atoms with E-state index in [4.69, 9.17) is 0 Å². The van der Waals surface area contributed by atoms with Gasteiger partial charge in [-0.3, -0.25) is 9.78 Å². The van der Waals surface area contributed by atoms with E-state index in [0.717, 1.165) is 5.69 Å². The minimum absolute atomic E-state index is 0.00420. The Hall–Kier alpha value is -1.42. The molecular weight excluding hydrogens is 204 g/mol. The molecule has 1 aromatic heterocycles. The summed E-state index contributed by atoms with van der Waals surface area (Å²) in [6.45, 7) is 5.35. The molecule has 4 nitrogen and oxygen atoms in total. The van der Waals surface area contributed by atoms with Crippen molar-refractivity contribution in [3.63, 3.8) is 0 Å². The Morgan fingerprint density at radius 2 is 2.12 bits per heavy atom. The topological polar surface area (TPSA) is 53.4 Å². The number of aliphatic hydroxyl groups is 1. The zero-order chi connectivity index (χ0) is 12.3. The molecule has 1 amide bonds. The third-order valence-electron chi connectivity index (χ3n) is 2.37. The quantitative estimate of drug-likeness (QED) is 0.838. The van der Waals surface area contributed by atoms with Crippen molar-refractivity contribution < 1.29 is 9.90 Å². The highest BCUT2D eigenvalue weighted by Gasteiger charge is 2.18. The molecule has 0 spiro atoms. The van der Waals surface area contributed by atoms with Crippen LogP contribution in [0.3, 0.4) is 0 Å². The molecule has 0 radical (unpaired) electrons. The zero-order valence-corrected chi connectivity index (χ0v) is 10.2. The van der Waals surface area contributed by atoms with Gasteiger partial charge in [-0.05, 0) is 26.0 Å². The fourth-order valence-electron chi connectivity index (χ4n) is 1.26. The van der Waals surface area contributed by atoms with Crippen molar-refractivity contribution in [3.8, 4) is 0 Å². The fourth-order valence-corrected chi connectivity index (χ4v) is 1.26. The lowest BCUT2D eigenvalue weighted by Gasteiger charge is -2.19. The highest BCUT2D eigenvalue weighted by molar-refractivity contribution is 5.72. The zero-order valence-electron chi connectivity index (χ0n) is 10.2. The molecule has 0 aliphatic heterocycles. The maximum Gasteiger partial charge on any atom is 0.219 e. The molecule has 1 N–H and O–H groups in total. The summed E-state index contributed by atoms with van der Waals surface area (Å²) in [5, 5.41) is 9.81. The third kappa shape index (κ3) is 3.31. The average molecular weight is 222 g/mol. The van der Waals surface area contributed by atoms with E-state index in [1.165, 1.54) is 6.92 Å². The van der Waals surface area contributed by atoms with Gasteiger partial charge in [-0.2, -0.15) is 0 Å². The molecule has 0 aliphatic rings. The maximum absolute atomic E-state index is 11.1. The molecule has 0 bridgehead atoms. The smallest absolute Gasteiger partial charge is 0.219 e. The Bertz CT molecular complexity index is 383. The molecule has 1 heterocycles. The van der Waals surface area contributed by atoms with Gasteiger partial charge in [0.15, 0.2) is 0 Å². The van der Waals surface area contributed by atoms with Gasteiger partial charge < -0.3 is 10.0 Å². The summed E-state index contributed by atoms with van der Waals surface area (Å²) in [6.07, 6.45) is 0. The molecule has 4 heteroatoms. The second-order valence-electron chi connectivity index (χ2n) is 4.45. The maximum atomic E-state index is 11.1. The lowest BCUT2D eigenvalue weighted by Crippen LogP contribution is -2.25. The van der Waals surface area contributed by atoms with Crippen molar-refractivity contribution >= 4 is 5.91 Å². The number of carbonyl (C=O) groups is 1. The van der Waals surface area contributed by atoms with E-state index in [0.29, 0.717) is 12.2 Å². The Kier molecular flexibility index (Phi) is 3.65. The predicted molar refractivity (Wildman–Crippen MR) is 61.6 cm³/mol. The Labute approximate surface area is 95.9 Å². The van der Waals surface area contributed by atoms with Crippen LogP contribution in [-0.2, 0) is 16.9 Å². The first kappa shape index (κ1) is 12.6. The summed E-state index contributed by atoms with van der Waals surface area (Å²) in [5.41, 5.74) is 0.435. The molecule has 1 rings (SSSR count). The van der Waals surface area contributed by atoms with E-state index in [1.54, 1.807) is 31.9 Å². The summed E-state index contributed by atoms with van der Waals surface area (Å²) < 4.78 is 0. The van der Waals surface area contributed by atoms with Crippen LogP contribution in [0.5, 0.6) is 0 Å². The number of aromatic nitrogens is 1. The number of nitrogens with zero attached hydrogens (tertiary/aromatic N) is 2. The largest absolute Gasteiger partial charge is 0.384 e. The molecule has 0 unspecified atom stereocenters. The van der Waals surface area contributed by atoms with Crippen molar-refractivity contribution in [1.29, 1.82) is 0 Å². The molecule has 0 aliphatic carbocycles. The number of hydrogen-bond donors (Lipinski definition) is 1. The minimum atomic E-state index is -0.954. The van der Waals surface area contributed by atoms with E-state index >= 15 is 0 Å². The van der Waals surface area contributed by atoms with Crippen LogP contribution in [0, 0.1) is 0 Å². The van der Waals surface area contributed by atoms with Crippen LogP contribution >= 0.6 is 0 Å². The third-order valence-corrected chi connectivity index (χ3v) is 2.37. The van der Waals surface area contributed by atoms with Gasteiger partial charge in [0.05, 0.1) is 17.9 Å². The van der Waals surface area contributed by atoms with Crippen LogP contribution in [0.15, 0.2) is 18.2 Å². The number of amides is 1. The molecule has 0 aromatic carbocycles. The Morgan fingerprint density at radius 1 is 1.50 bits per heavy atom. The molecule has 0 saturated heterocycles. The monoisotopic (exact) mass is 222 g/mol. The average Bonchev–Trinajstić information content (AvgIpc) is 2.16. The summed E-state index contributed by atoms with van der Waals surface area (Å²) >= 11 is 0. The first-order valence-corrected chi connectivity index (χ1v) is 5.21. The van der Waals surface area contributed by atoms with Crippen molar-refractivity contribution in [1.82, 2.24) is 9.88 Å². The summed E-state index contributed by atoms with van der Waals surface area (Å²) in [7, 11) is 1.72. The molecule has 88 valence electrons. The molecule has 0 atom stereocenters. The van der Waals surface area contributed by atoms with E-state index in [1.807, 2.05) is 12.1 Å².